The number of phosphoric acid groups is 1. The minimum atomic E-state index is -4.66. The zero-order chi connectivity index (χ0) is 35.1. The standard InChI is InChI=1S/C28H46NO16P/c1-9-11-13-39-46(36,40-14-12-10-2)45-28(27(35)37-8)15-22(41-19(5)32)24(29-17(3)30)26(44-28)25(43-21(7)34)23(42-20(6)33)16-38-18(4)31/h22-26H,9-16H2,1-8H3,(H,29,30)/t22-,23+,24+,25+,26+,28+/m0/s1. The van der Waals surface area contributed by atoms with Crippen molar-refractivity contribution in [2.24, 2.45) is 0 Å². The SMILES string of the molecule is CCCCOP(=O)(OCCCC)O[C@@]1(C(=O)OC)C[C@H](OC(C)=O)[C@@H](NC(C)=O)[C@H]([C@H](OC(C)=O)[C@@H](COC(C)=O)OC(C)=O)O1. The number of hydrogen-bond acceptors (Lipinski definition) is 16. The summed E-state index contributed by atoms with van der Waals surface area (Å²) in [4.78, 5) is 74.4. The number of ether oxygens (including phenoxy) is 6. The second kappa shape index (κ2) is 19.5. The normalized spacial score (nSPS) is 22.5. The Labute approximate surface area is 268 Å². The summed E-state index contributed by atoms with van der Waals surface area (Å²) in [6.07, 6.45) is -5.24. The fraction of sp³-hybridized carbons (Fsp3) is 0.786. The van der Waals surface area contributed by atoms with E-state index in [0.717, 1.165) is 41.7 Å². The van der Waals surface area contributed by atoms with Crippen LogP contribution in [0.2, 0.25) is 0 Å². The molecule has 0 spiro atoms. The molecule has 46 heavy (non-hydrogen) atoms. The first kappa shape index (κ1) is 40.9. The molecule has 1 N–H and O–H groups in total. The molecule has 1 heterocycles. The molecular weight excluding hydrogens is 637 g/mol. The summed E-state index contributed by atoms with van der Waals surface area (Å²) in [5, 5.41) is 2.54. The number of carbonyl (C=O) groups is 6. The molecule has 264 valence electrons. The lowest BCUT2D eigenvalue weighted by atomic mass is 9.88. The van der Waals surface area contributed by atoms with Crippen molar-refractivity contribution in [1.29, 1.82) is 0 Å². The van der Waals surface area contributed by atoms with Crippen LogP contribution in [-0.2, 0) is 75.3 Å². The van der Waals surface area contributed by atoms with E-state index in [9.17, 15) is 33.3 Å². The van der Waals surface area contributed by atoms with E-state index in [2.05, 4.69) is 5.32 Å². The minimum Gasteiger partial charge on any atom is -0.465 e. The van der Waals surface area contributed by atoms with Gasteiger partial charge in [0.1, 0.15) is 18.8 Å². The first-order valence-corrected chi connectivity index (χ1v) is 16.3. The Morgan fingerprint density at radius 3 is 1.87 bits per heavy atom. The van der Waals surface area contributed by atoms with Gasteiger partial charge in [-0.2, -0.15) is 0 Å². The molecule has 1 rings (SSSR count). The van der Waals surface area contributed by atoms with Crippen LogP contribution in [0.3, 0.4) is 0 Å². The fourth-order valence-electron chi connectivity index (χ4n) is 4.40. The van der Waals surface area contributed by atoms with E-state index in [4.69, 9.17) is 42.0 Å². The Morgan fingerprint density at radius 2 is 1.43 bits per heavy atom. The van der Waals surface area contributed by atoms with Gasteiger partial charge < -0.3 is 33.7 Å². The number of amides is 1. The lowest BCUT2D eigenvalue weighted by Gasteiger charge is -2.48. The molecule has 1 fully saturated rings. The molecular formula is C28H46NO16P. The number of methoxy groups -OCH3 is 1. The highest BCUT2D eigenvalue weighted by Crippen LogP contribution is 2.56. The van der Waals surface area contributed by atoms with Crippen LogP contribution in [-0.4, -0.2) is 98.9 Å². The number of hydrogen-bond donors (Lipinski definition) is 1. The van der Waals surface area contributed by atoms with Crippen LogP contribution >= 0.6 is 7.82 Å². The number of nitrogens with one attached hydrogen (secondary N) is 1. The van der Waals surface area contributed by atoms with Crippen molar-refractivity contribution in [2.75, 3.05) is 26.9 Å². The van der Waals surface area contributed by atoms with E-state index in [1.807, 2.05) is 13.8 Å². The quantitative estimate of drug-likeness (QED) is 0.0894. The van der Waals surface area contributed by atoms with Crippen LogP contribution in [0.25, 0.3) is 0 Å². The van der Waals surface area contributed by atoms with Crippen molar-refractivity contribution in [2.45, 2.75) is 117 Å². The zero-order valence-corrected chi connectivity index (χ0v) is 28.4. The van der Waals surface area contributed by atoms with E-state index in [0.29, 0.717) is 25.7 Å². The second-order valence-electron chi connectivity index (χ2n) is 10.3. The third-order valence-corrected chi connectivity index (χ3v) is 7.76. The van der Waals surface area contributed by atoms with Gasteiger partial charge in [0.25, 0.3) is 5.79 Å². The van der Waals surface area contributed by atoms with Crippen molar-refractivity contribution in [3.63, 3.8) is 0 Å². The highest BCUT2D eigenvalue weighted by Gasteiger charge is 2.62. The number of phosphoric ester groups is 1. The Bertz CT molecular complexity index is 1100. The maximum atomic E-state index is 14.0. The Hall–Kier alpha value is -3.11. The molecule has 0 radical (unpaired) electrons. The molecule has 0 aromatic rings. The molecule has 0 aliphatic carbocycles. The summed E-state index contributed by atoms with van der Waals surface area (Å²) >= 11 is 0. The molecule has 0 aromatic carbocycles. The largest absolute Gasteiger partial charge is 0.477 e. The highest BCUT2D eigenvalue weighted by atomic mass is 31.2. The molecule has 1 amide bonds. The maximum Gasteiger partial charge on any atom is 0.477 e. The van der Waals surface area contributed by atoms with Crippen LogP contribution < -0.4 is 5.32 Å². The van der Waals surface area contributed by atoms with E-state index >= 15 is 0 Å². The summed E-state index contributed by atoms with van der Waals surface area (Å²) in [6.45, 7) is 8.11. The lowest BCUT2D eigenvalue weighted by molar-refractivity contribution is -0.293. The highest BCUT2D eigenvalue weighted by molar-refractivity contribution is 7.48. The Kier molecular flexibility index (Phi) is 17.4. The van der Waals surface area contributed by atoms with Crippen molar-refractivity contribution >= 4 is 43.6 Å². The number of esters is 5. The van der Waals surface area contributed by atoms with Crippen LogP contribution in [0.15, 0.2) is 0 Å². The molecule has 1 aliphatic rings. The zero-order valence-electron chi connectivity index (χ0n) is 27.5. The van der Waals surface area contributed by atoms with Gasteiger partial charge in [0.05, 0.1) is 32.8 Å². The van der Waals surface area contributed by atoms with Gasteiger partial charge in [0, 0.05) is 34.6 Å². The Balaban J connectivity index is 3.98. The summed E-state index contributed by atoms with van der Waals surface area (Å²) in [5.74, 6) is -8.23. The van der Waals surface area contributed by atoms with Crippen LogP contribution in [0.4, 0.5) is 0 Å². The molecule has 1 saturated heterocycles. The van der Waals surface area contributed by atoms with Crippen molar-refractivity contribution < 1.29 is 75.3 Å². The van der Waals surface area contributed by atoms with Crippen LogP contribution in [0, 0.1) is 0 Å². The van der Waals surface area contributed by atoms with E-state index < -0.39 is 92.8 Å². The summed E-state index contributed by atoms with van der Waals surface area (Å²) < 4.78 is 63.3. The molecule has 0 bridgehead atoms. The van der Waals surface area contributed by atoms with Gasteiger partial charge in [-0.1, -0.05) is 26.7 Å². The molecule has 1 aliphatic heterocycles. The van der Waals surface area contributed by atoms with Gasteiger partial charge in [0.2, 0.25) is 5.91 Å². The van der Waals surface area contributed by atoms with Crippen molar-refractivity contribution in [1.82, 2.24) is 5.32 Å². The van der Waals surface area contributed by atoms with Gasteiger partial charge in [-0.3, -0.25) is 33.0 Å². The third-order valence-electron chi connectivity index (χ3n) is 6.25. The summed E-state index contributed by atoms with van der Waals surface area (Å²) in [6, 6.07) is -1.43. The maximum absolute atomic E-state index is 14.0. The number of carbonyl (C=O) groups excluding carboxylic acids is 6. The number of rotatable bonds is 19. The van der Waals surface area contributed by atoms with Gasteiger partial charge in [-0.25, -0.2) is 13.9 Å². The van der Waals surface area contributed by atoms with Crippen molar-refractivity contribution in [3.8, 4) is 0 Å². The van der Waals surface area contributed by atoms with Crippen molar-refractivity contribution in [3.05, 3.63) is 0 Å². The molecule has 17 nitrogen and oxygen atoms in total. The minimum absolute atomic E-state index is 0.102. The average Bonchev–Trinajstić information content (AvgIpc) is 2.94. The summed E-state index contributed by atoms with van der Waals surface area (Å²) in [7, 11) is -3.69. The average molecular weight is 684 g/mol. The second-order valence-corrected chi connectivity index (χ2v) is 11.9. The topological polar surface area (TPSA) is 215 Å². The third kappa shape index (κ3) is 13.3. The molecule has 18 heteroatoms. The monoisotopic (exact) mass is 683 g/mol. The molecule has 0 saturated carbocycles. The van der Waals surface area contributed by atoms with Gasteiger partial charge in [0.15, 0.2) is 12.2 Å². The van der Waals surface area contributed by atoms with E-state index in [1.165, 1.54) is 0 Å². The lowest BCUT2D eigenvalue weighted by Crippen LogP contribution is -2.69. The predicted molar refractivity (Wildman–Crippen MR) is 156 cm³/mol. The van der Waals surface area contributed by atoms with Gasteiger partial charge in [-0.15, -0.1) is 0 Å². The molecule has 6 atom stereocenters. The van der Waals surface area contributed by atoms with Gasteiger partial charge in [-0.05, 0) is 12.8 Å². The Morgan fingerprint density at radius 1 is 0.870 bits per heavy atom. The molecule has 0 aromatic heterocycles. The first-order valence-electron chi connectivity index (χ1n) is 14.8. The van der Waals surface area contributed by atoms with E-state index in [-0.39, 0.29) is 13.2 Å². The fourth-order valence-corrected chi connectivity index (χ4v) is 5.84. The van der Waals surface area contributed by atoms with E-state index in [1.54, 1.807) is 0 Å². The number of unbranched alkanes of at least 4 members (excludes halogenated alkanes) is 2. The predicted octanol–water partition coefficient (Wildman–Crippen LogP) is 2.27. The summed E-state index contributed by atoms with van der Waals surface area (Å²) in [5.41, 5.74) is 0. The van der Waals surface area contributed by atoms with Gasteiger partial charge >= 0.3 is 37.7 Å². The smallest absolute Gasteiger partial charge is 0.465 e. The molecule has 0 unspecified atom stereocenters. The van der Waals surface area contributed by atoms with Crippen LogP contribution in [0.1, 0.15) is 80.6 Å². The van der Waals surface area contributed by atoms with Crippen LogP contribution in [0.5, 0.6) is 0 Å². The first-order chi connectivity index (χ1) is 21.5.